The Labute approximate surface area is 180 Å². The minimum Gasteiger partial charge on any atom is -0.343 e. The van der Waals surface area contributed by atoms with E-state index < -0.39 is 0 Å². The van der Waals surface area contributed by atoms with Gasteiger partial charge in [-0.15, -0.1) is 0 Å². The van der Waals surface area contributed by atoms with Crippen LogP contribution in [0.25, 0.3) is 16.7 Å². The Morgan fingerprint density at radius 2 is 2.10 bits per heavy atom. The highest BCUT2D eigenvalue weighted by molar-refractivity contribution is 7.99. The van der Waals surface area contributed by atoms with Crippen LogP contribution in [-0.2, 0) is 4.79 Å². The molecule has 0 saturated carbocycles. The van der Waals surface area contributed by atoms with Gasteiger partial charge in [0.1, 0.15) is 5.39 Å². The summed E-state index contributed by atoms with van der Waals surface area (Å²) in [6, 6.07) is 7.74. The van der Waals surface area contributed by atoms with Crippen molar-refractivity contribution in [1.82, 2.24) is 24.2 Å². The van der Waals surface area contributed by atoms with E-state index in [1.54, 1.807) is 15.4 Å². The number of nitrogens with zero attached hydrogens (tertiary/aromatic N) is 5. The van der Waals surface area contributed by atoms with Crippen LogP contribution in [0.15, 0.2) is 40.4 Å². The zero-order valence-corrected chi connectivity index (χ0v) is 18.5. The van der Waals surface area contributed by atoms with Gasteiger partial charge in [-0.2, -0.15) is 5.10 Å². The molecule has 1 aliphatic rings. The van der Waals surface area contributed by atoms with Crippen LogP contribution in [0.3, 0.4) is 0 Å². The standard InChI is InChI=1S/C22H27N5O2S/c1-4-6-11-25(5-2)19(28)12-16-14-30-22-24-20-17(21(29)26(16)22)13-23-27(20)18-10-8-7-9-15(18)3/h7-10,13,16H,4-6,11-12,14H2,1-3H3. The van der Waals surface area contributed by atoms with Gasteiger partial charge < -0.3 is 4.90 Å². The SMILES string of the molecule is CCCCN(CC)C(=O)CC1CSc2nc3c(cnn3-c3ccccc3C)c(=O)n21. The first-order valence-electron chi connectivity index (χ1n) is 10.5. The largest absolute Gasteiger partial charge is 0.343 e. The molecule has 0 fully saturated rings. The molecule has 4 rings (SSSR count). The van der Waals surface area contributed by atoms with Crippen molar-refractivity contribution in [3.63, 3.8) is 0 Å². The third kappa shape index (κ3) is 3.64. The summed E-state index contributed by atoms with van der Waals surface area (Å²) in [5, 5.41) is 5.60. The second kappa shape index (κ2) is 8.63. The Bertz CT molecular complexity index is 1140. The number of rotatable bonds is 7. The van der Waals surface area contributed by atoms with Crippen LogP contribution in [0.5, 0.6) is 0 Å². The monoisotopic (exact) mass is 425 g/mol. The average molecular weight is 426 g/mol. The fraction of sp³-hybridized carbons (Fsp3) is 0.455. The van der Waals surface area contributed by atoms with Crippen molar-refractivity contribution in [3.05, 3.63) is 46.4 Å². The topological polar surface area (TPSA) is 73.0 Å². The number of hydrogen-bond acceptors (Lipinski definition) is 5. The number of unbranched alkanes of at least 4 members (excludes halogenated alkanes) is 1. The quantitative estimate of drug-likeness (QED) is 0.541. The zero-order valence-electron chi connectivity index (χ0n) is 17.7. The van der Waals surface area contributed by atoms with Crippen molar-refractivity contribution in [2.75, 3.05) is 18.8 Å². The Hall–Kier alpha value is -2.61. The van der Waals surface area contributed by atoms with Gasteiger partial charge in [0.2, 0.25) is 5.91 Å². The van der Waals surface area contributed by atoms with Gasteiger partial charge in [-0.25, -0.2) is 9.67 Å². The van der Waals surface area contributed by atoms with Gasteiger partial charge in [-0.05, 0) is 31.9 Å². The van der Waals surface area contributed by atoms with E-state index in [1.807, 2.05) is 43.0 Å². The van der Waals surface area contributed by atoms with Crippen molar-refractivity contribution < 1.29 is 4.79 Å². The molecule has 8 heteroatoms. The summed E-state index contributed by atoms with van der Waals surface area (Å²) in [7, 11) is 0. The van der Waals surface area contributed by atoms with Crippen LogP contribution < -0.4 is 5.56 Å². The molecule has 1 atom stereocenters. The summed E-state index contributed by atoms with van der Waals surface area (Å²) < 4.78 is 3.43. The third-order valence-electron chi connectivity index (χ3n) is 5.64. The lowest BCUT2D eigenvalue weighted by Crippen LogP contribution is -2.35. The highest BCUT2D eigenvalue weighted by atomic mass is 32.2. The zero-order chi connectivity index (χ0) is 21.3. The molecule has 1 aliphatic heterocycles. The van der Waals surface area contributed by atoms with E-state index in [-0.39, 0.29) is 17.5 Å². The molecule has 0 aliphatic carbocycles. The lowest BCUT2D eigenvalue weighted by atomic mass is 10.2. The molecule has 1 unspecified atom stereocenters. The number of aromatic nitrogens is 4. The predicted octanol–water partition coefficient (Wildman–Crippen LogP) is 3.58. The summed E-state index contributed by atoms with van der Waals surface area (Å²) in [4.78, 5) is 32.8. The van der Waals surface area contributed by atoms with E-state index in [4.69, 9.17) is 4.98 Å². The number of aryl methyl sites for hydroxylation is 1. The summed E-state index contributed by atoms with van der Waals surface area (Å²) in [6.45, 7) is 7.60. The minimum atomic E-state index is -0.167. The number of amides is 1. The molecule has 2 aromatic heterocycles. The molecule has 1 amide bonds. The Morgan fingerprint density at radius 1 is 1.30 bits per heavy atom. The van der Waals surface area contributed by atoms with E-state index in [0.717, 1.165) is 30.6 Å². The summed E-state index contributed by atoms with van der Waals surface area (Å²) >= 11 is 1.54. The van der Waals surface area contributed by atoms with Crippen LogP contribution in [0.1, 0.15) is 44.7 Å². The van der Waals surface area contributed by atoms with E-state index in [2.05, 4.69) is 12.0 Å². The Morgan fingerprint density at radius 3 is 2.83 bits per heavy atom. The number of para-hydroxylation sites is 1. The number of carbonyl (C=O) groups excluding carboxylic acids is 1. The van der Waals surface area contributed by atoms with Gasteiger partial charge in [-0.3, -0.25) is 14.2 Å². The van der Waals surface area contributed by atoms with E-state index in [1.165, 1.54) is 11.8 Å². The van der Waals surface area contributed by atoms with E-state index in [0.29, 0.717) is 34.9 Å². The van der Waals surface area contributed by atoms with Crippen molar-refractivity contribution in [3.8, 4) is 5.69 Å². The maximum Gasteiger partial charge on any atom is 0.265 e. The number of carbonyl (C=O) groups is 1. The average Bonchev–Trinajstić information content (AvgIpc) is 3.34. The van der Waals surface area contributed by atoms with Gasteiger partial charge in [-0.1, -0.05) is 43.3 Å². The van der Waals surface area contributed by atoms with Crippen molar-refractivity contribution >= 4 is 28.7 Å². The maximum atomic E-state index is 13.3. The van der Waals surface area contributed by atoms with Crippen LogP contribution >= 0.6 is 11.8 Å². The first kappa shape index (κ1) is 20.7. The fourth-order valence-corrected chi connectivity index (χ4v) is 5.03. The van der Waals surface area contributed by atoms with Gasteiger partial charge in [0, 0.05) is 25.3 Å². The number of benzene rings is 1. The van der Waals surface area contributed by atoms with Gasteiger partial charge in [0.15, 0.2) is 10.8 Å². The second-order valence-corrected chi connectivity index (χ2v) is 8.63. The predicted molar refractivity (Wildman–Crippen MR) is 119 cm³/mol. The molecule has 30 heavy (non-hydrogen) atoms. The maximum absolute atomic E-state index is 13.3. The van der Waals surface area contributed by atoms with Gasteiger partial charge >= 0.3 is 0 Å². The fourth-order valence-electron chi connectivity index (χ4n) is 3.90. The summed E-state index contributed by atoms with van der Waals surface area (Å²) in [5.74, 6) is 0.788. The van der Waals surface area contributed by atoms with E-state index >= 15 is 0 Å². The Kier molecular flexibility index (Phi) is 5.94. The molecular formula is C22H27N5O2S. The molecule has 0 radical (unpaired) electrons. The molecule has 1 aromatic carbocycles. The van der Waals surface area contributed by atoms with Crippen molar-refractivity contribution in [1.29, 1.82) is 0 Å². The molecule has 158 valence electrons. The smallest absolute Gasteiger partial charge is 0.265 e. The highest BCUT2D eigenvalue weighted by Gasteiger charge is 2.30. The van der Waals surface area contributed by atoms with Crippen molar-refractivity contribution in [2.24, 2.45) is 0 Å². The molecular weight excluding hydrogens is 398 g/mol. The van der Waals surface area contributed by atoms with Crippen LogP contribution in [-0.4, -0.2) is 49.0 Å². The lowest BCUT2D eigenvalue weighted by Gasteiger charge is -2.23. The molecule has 3 heterocycles. The summed E-state index contributed by atoms with van der Waals surface area (Å²) in [6.07, 6.45) is 3.97. The second-order valence-electron chi connectivity index (χ2n) is 7.65. The minimum absolute atomic E-state index is 0.104. The van der Waals surface area contributed by atoms with Gasteiger partial charge in [0.05, 0.1) is 17.9 Å². The first-order chi connectivity index (χ1) is 14.5. The molecule has 0 bridgehead atoms. The number of fused-ring (bicyclic) bond motifs is 2. The van der Waals surface area contributed by atoms with Crippen molar-refractivity contribution in [2.45, 2.75) is 51.2 Å². The van der Waals surface area contributed by atoms with Gasteiger partial charge in [0.25, 0.3) is 5.56 Å². The molecule has 0 spiro atoms. The van der Waals surface area contributed by atoms with E-state index in [9.17, 15) is 9.59 Å². The third-order valence-corrected chi connectivity index (χ3v) is 6.74. The molecule has 0 saturated heterocycles. The van der Waals surface area contributed by atoms with Crippen LogP contribution in [0.2, 0.25) is 0 Å². The molecule has 3 aromatic rings. The molecule has 0 N–H and O–H groups in total. The number of hydrogen-bond donors (Lipinski definition) is 0. The summed E-state index contributed by atoms with van der Waals surface area (Å²) in [5.41, 5.74) is 2.42. The normalized spacial score (nSPS) is 15.5. The lowest BCUT2D eigenvalue weighted by molar-refractivity contribution is -0.131. The Balaban J connectivity index is 1.67. The first-order valence-corrected chi connectivity index (χ1v) is 11.5. The van der Waals surface area contributed by atoms with Crippen LogP contribution in [0.4, 0.5) is 0 Å². The highest BCUT2D eigenvalue weighted by Crippen LogP contribution is 2.34. The number of thioether (sulfide) groups is 1. The molecule has 7 nitrogen and oxygen atoms in total. The van der Waals surface area contributed by atoms with Crippen LogP contribution in [0, 0.1) is 6.92 Å².